The SMILES string of the molecule is CC1=CC(C)=[C]([Zr+2]([C]2=CC(C)=C(C)C2)=[Si](C)C)C1.[Cl-].[Cl-]. The molecule has 110 valence electrons. The van der Waals surface area contributed by atoms with Crippen LogP contribution in [0.25, 0.3) is 0 Å². The monoisotopic (exact) mass is 404 g/mol. The average molecular weight is 407 g/mol. The molecule has 0 atom stereocenters. The van der Waals surface area contributed by atoms with Crippen LogP contribution in [0.3, 0.4) is 0 Å². The van der Waals surface area contributed by atoms with Gasteiger partial charge >= 0.3 is 120 Å². The molecule has 2 aliphatic carbocycles. The Labute approximate surface area is 144 Å². The molecular formula is C16H24Cl2SiZr. The van der Waals surface area contributed by atoms with Gasteiger partial charge in [0.25, 0.3) is 0 Å². The van der Waals surface area contributed by atoms with E-state index in [0.717, 1.165) is 0 Å². The molecule has 2 aliphatic rings. The summed E-state index contributed by atoms with van der Waals surface area (Å²) < 4.78 is 3.78. The maximum absolute atomic E-state index is 2.55. The van der Waals surface area contributed by atoms with Gasteiger partial charge in [-0.3, -0.25) is 0 Å². The molecule has 0 amide bonds. The normalized spacial score (nSPS) is 17.1. The minimum Gasteiger partial charge on any atom is -1.00 e. The molecule has 4 heteroatoms. The van der Waals surface area contributed by atoms with E-state index in [2.05, 4.69) is 52.9 Å². The quantitative estimate of drug-likeness (QED) is 0.522. The van der Waals surface area contributed by atoms with E-state index in [1.54, 1.807) is 22.3 Å². The van der Waals surface area contributed by atoms with Crippen molar-refractivity contribution in [2.75, 3.05) is 0 Å². The van der Waals surface area contributed by atoms with Crippen LogP contribution < -0.4 is 24.8 Å². The van der Waals surface area contributed by atoms with Crippen molar-refractivity contribution in [3.63, 3.8) is 0 Å². The summed E-state index contributed by atoms with van der Waals surface area (Å²) in [7, 11) is 0. The molecular weight excluding hydrogens is 382 g/mol. The maximum Gasteiger partial charge on any atom is -1.00 e. The second kappa shape index (κ2) is 8.32. The predicted octanol–water partition coefficient (Wildman–Crippen LogP) is -0.888. The zero-order valence-electron chi connectivity index (χ0n) is 13.3. The van der Waals surface area contributed by atoms with Gasteiger partial charge < -0.3 is 24.8 Å². The van der Waals surface area contributed by atoms with Crippen molar-refractivity contribution >= 4 is 5.43 Å². The Bertz CT molecular complexity index is 559. The Morgan fingerprint density at radius 2 is 1.50 bits per heavy atom. The summed E-state index contributed by atoms with van der Waals surface area (Å²) >= 11 is -1.49. The number of allylic oxidation sites excluding steroid dienone is 8. The van der Waals surface area contributed by atoms with Crippen LogP contribution >= 0.6 is 0 Å². The molecule has 0 bridgehead atoms. The van der Waals surface area contributed by atoms with Crippen molar-refractivity contribution in [2.24, 2.45) is 0 Å². The standard InChI is InChI=1S/2C7H9.C2H6Si.2ClH.Zr/c1-6-3-4-7(2)5-6;1-6-4-3-5-7(6)2;1-3-2;;;/h5H,3H2,1-2H3;4H,5H2,1-2H3;1-2H3;2*1H;/q;;;;;+2/p-2. The van der Waals surface area contributed by atoms with Gasteiger partial charge in [-0.2, -0.15) is 0 Å². The van der Waals surface area contributed by atoms with Crippen LogP contribution in [0, 0.1) is 0 Å². The third-order valence-electron chi connectivity index (χ3n) is 4.04. The third-order valence-corrected chi connectivity index (χ3v) is 21.4. The zero-order valence-corrected chi connectivity index (χ0v) is 18.3. The molecule has 20 heavy (non-hydrogen) atoms. The Morgan fingerprint density at radius 3 is 1.85 bits per heavy atom. The molecule has 0 N–H and O–H groups in total. The Balaban J connectivity index is 0.00000180. The van der Waals surface area contributed by atoms with E-state index in [0.29, 0.717) is 0 Å². The molecule has 0 saturated carbocycles. The second-order valence-electron chi connectivity index (χ2n) is 6.01. The van der Waals surface area contributed by atoms with Crippen molar-refractivity contribution in [3.05, 3.63) is 41.0 Å². The van der Waals surface area contributed by atoms with E-state index in [-0.39, 0.29) is 30.2 Å². The predicted molar refractivity (Wildman–Crippen MR) is 79.6 cm³/mol. The first kappa shape index (κ1) is 20.6. The van der Waals surface area contributed by atoms with E-state index in [9.17, 15) is 0 Å². The second-order valence-corrected chi connectivity index (χ2v) is 23.3. The maximum atomic E-state index is 2.55. The first-order chi connectivity index (χ1) is 8.40. The number of rotatable bonds is 2. The molecule has 0 aromatic heterocycles. The van der Waals surface area contributed by atoms with E-state index >= 15 is 0 Å². The molecule has 0 nitrogen and oxygen atoms in total. The van der Waals surface area contributed by atoms with Crippen molar-refractivity contribution in [2.45, 2.75) is 53.6 Å². The summed E-state index contributed by atoms with van der Waals surface area (Å²) in [5, 5.41) is 0. The van der Waals surface area contributed by atoms with Gasteiger partial charge in [-0.15, -0.1) is 0 Å². The molecule has 0 unspecified atom stereocenters. The van der Waals surface area contributed by atoms with E-state index < -0.39 is 20.4 Å². The molecule has 2 rings (SSSR count). The number of hydrogen-bond donors (Lipinski definition) is 0. The molecule has 0 fully saturated rings. The Kier molecular flexibility index (Phi) is 8.59. The van der Waals surface area contributed by atoms with Crippen LogP contribution in [0.4, 0.5) is 0 Å². The summed E-state index contributed by atoms with van der Waals surface area (Å²) in [5.74, 6) is 0. The minimum atomic E-state index is -1.49. The molecule has 0 aromatic carbocycles. The van der Waals surface area contributed by atoms with Crippen molar-refractivity contribution in [1.82, 2.24) is 0 Å². The van der Waals surface area contributed by atoms with Crippen LogP contribution in [0.5, 0.6) is 0 Å². The van der Waals surface area contributed by atoms with Crippen LogP contribution in [-0.4, -0.2) is 5.43 Å². The van der Waals surface area contributed by atoms with Gasteiger partial charge in [0.1, 0.15) is 0 Å². The van der Waals surface area contributed by atoms with E-state index in [1.165, 1.54) is 12.8 Å². The summed E-state index contributed by atoms with van der Waals surface area (Å²) in [6, 6.07) is 0. The zero-order chi connectivity index (χ0) is 13.4. The topological polar surface area (TPSA) is 0 Å². The summed E-state index contributed by atoms with van der Waals surface area (Å²) in [5.41, 5.74) is 6.24. The molecule has 0 aliphatic heterocycles. The van der Waals surface area contributed by atoms with Crippen molar-refractivity contribution in [3.8, 4) is 0 Å². The fourth-order valence-corrected chi connectivity index (χ4v) is 21.3. The molecule has 0 spiro atoms. The van der Waals surface area contributed by atoms with Crippen LogP contribution in [0.15, 0.2) is 41.0 Å². The van der Waals surface area contributed by atoms with E-state index in [1.807, 2.05) is 6.56 Å². The summed E-state index contributed by atoms with van der Waals surface area (Å²) in [6.45, 7) is 14.4. The van der Waals surface area contributed by atoms with Crippen molar-refractivity contribution < 1.29 is 45.2 Å². The van der Waals surface area contributed by atoms with Gasteiger partial charge in [0, 0.05) is 0 Å². The fourth-order valence-electron chi connectivity index (χ4n) is 3.05. The minimum absolute atomic E-state index is 0. The van der Waals surface area contributed by atoms with Gasteiger partial charge in [-0.1, -0.05) is 0 Å². The third kappa shape index (κ3) is 4.32. The first-order valence-corrected chi connectivity index (χ1v) is 15.5. The van der Waals surface area contributed by atoms with Gasteiger partial charge in [-0.25, -0.2) is 0 Å². The van der Waals surface area contributed by atoms with Gasteiger partial charge in [0.2, 0.25) is 0 Å². The number of halogens is 2. The largest absolute Gasteiger partial charge is 1.00 e. The fraction of sp³-hybridized carbons (Fsp3) is 0.500. The summed E-state index contributed by atoms with van der Waals surface area (Å²) in [4.78, 5) is 0. The van der Waals surface area contributed by atoms with Gasteiger partial charge in [0.05, 0.1) is 0 Å². The van der Waals surface area contributed by atoms with Crippen molar-refractivity contribution in [1.29, 1.82) is 0 Å². The van der Waals surface area contributed by atoms with Crippen LogP contribution in [-0.2, 0) is 20.4 Å². The van der Waals surface area contributed by atoms with Gasteiger partial charge in [-0.05, 0) is 0 Å². The molecule has 0 aromatic rings. The number of hydrogen-bond acceptors (Lipinski definition) is 0. The smallest absolute Gasteiger partial charge is 1.00 e. The summed E-state index contributed by atoms with van der Waals surface area (Å²) in [6.07, 6.45) is 7.58. The Morgan fingerprint density at radius 1 is 0.900 bits per heavy atom. The molecule has 0 heterocycles. The van der Waals surface area contributed by atoms with Crippen LogP contribution in [0.1, 0.15) is 40.5 Å². The molecule has 0 saturated heterocycles. The molecule has 0 radical (unpaired) electrons. The van der Waals surface area contributed by atoms with Gasteiger partial charge in [0.15, 0.2) is 0 Å². The first-order valence-electron chi connectivity index (χ1n) is 6.82. The average Bonchev–Trinajstić information content (AvgIpc) is 2.72. The van der Waals surface area contributed by atoms with E-state index in [4.69, 9.17) is 0 Å². The van der Waals surface area contributed by atoms with Crippen LogP contribution in [0.2, 0.25) is 13.1 Å². The Hall–Kier alpha value is 0.640.